The fourth-order valence-electron chi connectivity index (χ4n) is 3.10. The summed E-state index contributed by atoms with van der Waals surface area (Å²) in [5, 5.41) is 10.9. The number of amides is 2. The van der Waals surface area contributed by atoms with Crippen LogP contribution in [0.25, 0.3) is 0 Å². The highest BCUT2D eigenvalue weighted by molar-refractivity contribution is 5.92. The number of nitrogens with two attached hydrogens (primary N) is 1. The summed E-state index contributed by atoms with van der Waals surface area (Å²) in [5.41, 5.74) is 0.689. The van der Waals surface area contributed by atoms with Crippen LogP contribution in [0.3, 0.4) is 0 Å². The Morgan fingerprint density at radius 2 is 2.11 bits per heavy atom. The van der Waals surface area contributed by atoms with Gasteiger partial charge in [-0.15, -0.1) is 0 Å². The molecule has 0 saturated carbocycles. The van der Waals surface area contributed by atoms with Crippen molar-refractivity contribution in [2.45, 2.75) is 39.5 Å². The van der Waals surface area contributed by atoms with Gasteiger partial charge in [0.15, 0.2) is 0 Å². The molecule has 0 radical (unpaired) electrons. The topological polar surface area (TPSA) is 125 Å². The van der Waals surface area contributed by atoms with Crippen LogP contribution >= 0.6 is 0 Å². The third kappa shape index (κ3) is 6.11. The van der Waals surface area contributed by atoms with E-state index in [1.807, 2.05) is 13.0 Å². The molecule has 2 heterocycles. The summed E-state index contributed by atoms with van der Waals surface area (Å²) in [7, 11) is 0. The van der Waals surface area contributed by atoms with E-state index in [0.717, 1.165) is 24.3 Å². The first kappa shape index (κ1) is 22.0. The maximum atomic E-state index is 12.9. The number of aryl methyl sites for hydroxylation is 1. The molecule has 1 saturated heterocycles. The number of aromatic nitrogens is 2. The first-order valence-corrected chi connectivity index (χ1v) is 9.64. The second-order valence-electron chi connectivity index (χ2n) is 6.90. The standard InChI is InChI=1S/C18H30N6O4/c1-3-4-5-6-15(12-23(27)13-25)17(26)24(19)18-20-14(2)11-16(21-18)22-7-9-28-10-8-22/h11,13,15,27H,3-10,12,19H2,1-2H3/t15-/m1/s1. The Morgan fingerprint density at radius 3 is 2.75 bits per heavy atom. The van der Waals surface area contributed by atoms with Gasteiger partial charge in [-0.1, -0.05) is 26.2 Å². The Hall–Kier alpha value is -2.30. The molecule has 10 nitrogen and oxygen atoms in total. The van der Waals surface area contributed by atoms with Crippen molar-refractivity contribution in [1.29, 1.82) is 0 Å². The summed E-state index contributed by atoms with van der Waals surface area (Å²) in [6, 6.07) is 1.84. The van der Waals surface area contributed by atoms with Crippen molar-refractivity contribution >= 4 is 24.1 Å². The van der Waals surface area contributed by atoms with Crippen molar-refractivity contribution in [3.05, 3.63) is 11.8 Å². The number of nitrogens with zero attached hydrogens (tertiary/aromatic N) is 5. The molecule has 2 amide bonds. The van der Waals surface area contributed by atoms with E-state index in [4.69, 9.17) is 10.6 Å². The van der Waals surface area contributed by atoms with Crippen molar-refractivity contribution in [3.8, 4) is 0 Å². The molecule has 1 aromatic rings. The molecule has 1 aromatic heterocycles. The molecular formula is C18H30N6O4. The molecule has 0 aromatic carbocycles. The number of ether oxygens (including phenoxy) is 1. The number of rotatable bonds is 10. The average Bonchev–Trinajstić information content (AvgIpc) is 2.72. The minimum Gasteiger partial charge on any atom is -0.378 e. The molecule has 1 atom stereocenters. The van der Waals surface area contributed by atoms with Gasteiger partial charge >= 0.3 is 0 Å². The van der Waals surface area contributed by atoms with E-state index in [0.29, 0.717) is 49.3 Å². The smallest absolute Gasteiger partial charge is 0.249 e. The number of hydroxylamine groups is 2. The summed E-state index contributed by atoms with van der Waals surface area (Å²) in [6.07, 6.45) is 3.52. The average molecular weight is 394 g/mol. The Bertz CT molecular complexity index is 653. The molecule has 1 fully saturated rings. The summed E-state index contributed by atoms with van der Waals surface area (Å²) >= 11 is 0. The van der Waals surface area contributed by atoms with E-state index in [1.54, 1.807) is 0 Å². The van der Waals surface area contributed by atoms with Crippen LogP contribution in [-0.4, -0.2) is 65.4 Å². The summed E-state index contributed by atoms with van der Waals surface area (Å²) in [5.74, 6) is 5.77. The zero-order valence-corrected chi connectivity index (χ0v) is 16.6. The van der Waals surface area contributed by atoms with Gasteiger partial charge < -0.3 is 9.64 Å². The van der Waals surface area contributed by atoms with Crippen LogP contribution in [0.4, 0.5) is 11.8 Å². The normalized spacial score (nSPS) is 15.2. The summed E-state index contributed by atoms with van der Waals surface area (Å²) in [6.45, 7) is 6.38. The largest absolute Gasteiger partial charge is 0.378 e. The van der Waals surface area contributed by atoms with Crippen LogP contribution in [0.15, 0.2) is 6.07 Å². The van der Waals surface area contributed by atoms with Crippen molar-refractivity contribution in [2.75, 3.05) is 42.8 Å². The Morgan fingerprint density at radius 1 is 1.39 bits per heavy atom. The number of hydrazine groups is 1. The Labute approximate surface area is 165 Å². The van der Waals surface area contributed by atoms with Crippen LogP contribution in [0.5, 0.6) is 0 Å². The molecule has 156 valence electrons. The molecule has 2 rings (SSSR count). The molecule has 0 bridgehead atoms. The quantitative estimate of drug-likeness (QED) is 0.150. The highest BCUT2D eigenvalue weighted by Crippen LogP contribution is 2.20. The molecule has 28 heavy (non-hydrogen) atoms. The predicted molar refractivity (Wildman–Crippen MR) is 104 cm³/mol. The zero-order valence-electron chi connectivity index (χ0n) is 16.6. The second-order valence-corrected chi connectivity index (χ2v) is 6.90. The van der Waals surface area contributed by atoms with E-state index in [1.165, 1.54) is 0 Å². The van der Waals surface area contributed by atoms with Gasteiger partial charge in [0.1, 0.15) is 5.82 Å². The van der Waals surface area contributed by atoms with Crippen LogP contribution in [0.1, 0.15) is 38.3 Å². The van der Waals surface area contributed by atoms with Gasteiger partial charge in [-0.25, -0.2) is 20.9 Å². The van der Waals surface area contributed by atoms with Crippen molar-refractivity contribution in [3.63, 3.8) is 0 Å². The Kier molecular flexibility index (Phi) is 8.55. The highest BCUT2D eigenvalue weighted by Gasteiger charge is 2.27. The highest BCUT2D eigenvalue weighted by atomic mass is 16.5. The second kappa shape index (κ2) is 10.9. The van der Waals surface area contributed by atoms with Gasteiger partial charge in [0, 0.05) is 24.8 Å². The summed E-state index contributed by atoms with van der Waals surface area (Å²) < 4.78 is 5.36. The first-order chi connectivity index (χ1) is 13.5. The monoisotopic (exact) mass is 394 g/mol. The number of carbonyl (C=O) groups is 2. The van der Waals surface area contributed by atoms with E-state index in [-0.39, 0.29) is 18.9 Å². The lowest BCUT2D eigenvalue weighted by atomic mass is 10.00. The van der Waals surface area contributed by atoms with Gasteiger partial charge in [0.25, 0.3) is 0 Å². The third-order valence-electron chi connectivity index (χ3n) is 4.65. The molecule has 0 spiro atoms. The van der Waals surface area contributed by atoms with Crippen molar-refractivity contribution in [2.24, 2.45) is 11.8 Å². The van der Waals surface area contributed by atoms with Crippen molar-refractivity contribution < 1.29 is 19.5 Å². The summed E-state index contributed by atoms with van der Waals surface area (Å²) in [4.78, 5) is 34.5. The van der Waals surface area contributed by atoms with Gasteiger partial charge in [-0.05, 0) is 13.3 Å². The van der Waals surface area contributed by atoms with Crippen LogP contribution in [-0.2, 0) is 14.3 Å². The van der Waals surface area contributed by atoms with Gasteiger partial charge in [0.2, 0.25) is 18.3 Å². The number of hydrogen-bond donors (Lipinski definition) is 2. The Balaban J connectivity index is 2.17. The predicted octanol–water partition coefficient (Wildman–Crippen LogP) is 0.872. The lowest BCUT2D eigenvalue weighted by Gasteiger charge is -2.29. The van der Waals surface area contributed by atoms with E-state index in [2.05, 4.69) is 21.8 Å². The van der Waals surface area contributed by atoms with Crippen LogP contribution in [0.2, 0.25) is 0 Å². The number of hydrogen-bond acceptors (Lipinski definition) is 8. The molecule has 1 aliphatic rings. The third-order valence-corrected chi connectivity index (χ3v) is 4.65. The van der Waals surface area contributed by atoms with Gasteiger partial charge in [-0.2, -0.15) is 4.98 Å². The molecule has 0 unspecified atom stereocenters. The SMILES string of the molecule is CCCCC[C@H](CN(O)C=O)C(=O)N(N)c1nc(C)cc(N2CCOCC2)n1. The lowest BCUT2D eigenvalue weighted by molar-refractivity contribution is -0.154. The van der Waals surface area contributed by atoms with Crippen LogP contribution < -0.4 is 15.8 Å². The minimum atomic E-state index is -0.636. The molecule has 10 heteroatoms. The minimum absolute atomic E-state index is 0.0996. The molecule has 1 aliphatic heterocycles. The van der Waals surface area contributed by atoms with E-state index in [9.17, 15) is 14.8 Å². The fourth-order valence-corrected chi connectivity index (χ4v) is 3.10. The van der Waals surface area contributed by atoms with E-state index < -0.39 is 11.8 Å². The number of anilines is 2. The van der Waals surface area contributed by atoms with E-state index >= 15 is 0 Å². The molecular weight excluding hydrogens is 364 g/mol. The number of carbonyl (C=O) groups excluding carboxylic acids is 2. The maximum absolute atomic E-state index is 12.9. The first-order valence-electron chi connectivity index (χ1n) is 9.64. The maximum Gasteiger partial charge on any atom is 0.249 e. The fraction of sp³-hybridized carbons (Fsp3) is 0.667. The molecule has 0 aliphatic carbocycles. The van der Waals surface area contributed by atoms with Gasteiger partial charge in [-0.3, -0.25) is 14.8 Å². The zero-order chi connectivity index (χ0) is 20.5. The number of morpholine rings is 1. The molecule has 3 N–H and O–H groups in total. The number of unbranched alkanes of at least 4 members (excludes halogenated alkanes) is 2. The van der Waals surface area contributed by atoms with Crippen molar-refractivity contribution in [1.82, 2.24) is 15.0 Å². The van der Waals surface area contributed by atoms with Gasteiger partial charge in [0.05, 0.1) is 25.7 Å². The van der Waals surface area contributed by atoms with Crippen LogP contribution in [0, 0.1) is 12.8 Å². The lowest BCUT2D eigenvalue weighted by Crippen LogP contribution is -2.46.